The zero-order valence-corrected chi connectivity index (χ0v) is 13.2. The molecule has 0 spiro atoms. The molecule has 0 saturated carbocycles. The maximum absolute atomic E-state index is 6.32. The van der Waals surface area contributed by atoms with Gasteiger partial charge in [0.05, 0.1) is 0 Å². The van der Waals surface area contributed by atoms with E-state index in [2.05, 4.69) is 55.1 Å². The van der Waals surface area contributed by atoms with Crippen molar-refractivity contribution in [2.45, 2.75) is 38.3 Å². The van der Waals surface area contributed by atoms with Gasteiger partial charge in [0.2, 0.25) is 0 Å². The smallest absolute Gasteiger partial charge is 0.0307 e. The Morgan fingerprint density at radius 2 is 2.00 bits per heavy atom. The lowest BCUT2D eigenvalue weighted by molar-refractivity contribution is 0.130. The number of piperidine rings is 1. The molecule has 0 bridgehead atoms. The van der Waals surface area contributed by atoms with Crippen molar-refractivity contribution in [1.82, 2.24) is 9.80 Å². The molecule has 0 aliphatic carbocycles. The third kappa shape index (κ3) is 4.30. The van der Waals surface area contributed by atoms with Crippen molar-refractivity contribution < 1.29 is 0 Å². The molecule has 2 atom stereocenters. The van der Waals surface area contributed by atoms with Crippen LogP contribution in [0.5, 0.6) is 0 Å². The number of benzene rings is 1. The van der Waals surface area contributed by atoms with Gasteiger partial charge in [-0.2, -0.15) is 0 Å². The molecule has 1 aliphatic rings. The lowest BCUT2D eigenvalue weighted by Crippen LogP contribution is -2.45. The van der Waals surface area contributed by atoms with Gasteiger partial charge in [-0.3, -0.25) is 0 Å². The Hall–Kier alpha value is -0.900. The summed E-state index contributed by atoms with van der Waals surface area (Å²) < 4.78 is 0. The van der Waals surface area contributed by atoms with Crippen molar-refractivity contribution in [3.8, 4) is 0 Å². The van der Waals surface area contributed by atoms with Gasteiger partial charge in [-0.15, -0.1) is 0 Å². The van der Waals surface area contributed by atoms with E-state index < -0.39 is 0 Å². The highest BCUT2D eigenvalue weighted by Crippen LogP contribution is 2.18. The van der Waals surface area contributed by atoms with Gasteiger partial charge < -0.3 is 15.5 Å². The van der Waals surface area contributed by atoms with Gasteiger partial charge in [-0.05, 0) is 58.9 Å². The lowest BCUT2D eigenvalue weighted by atomic mass is 10.0. The summed E-state index contributed by atoms with van der Waals surface area (Å²) in [7, 11) is 4.37. The fourth-order valence-electron chi connectivity index (χ4n) is 2.96. The Morgan fingerprint density at radius 1 is 1.30 bits per heavy atom. The highest BCUT2D eigenvalue weighted by Gasteiger charge is 2.21. The average molecular weight is 275 g/mol. The Kier molecular flexibility index (Phi) is 5.58. The maximum atomic E-state index is 6.32. The number of likely N-dealkylation sites (tertiary alicyclic amines) is 1. The van der Waals surface area contributed by atoms with Crippen LogP contribution in [0, 0.1) is 6.92 Å². The summed E-state index contributed by atoms with van der Waals surface area (Å²) in [5, 5.41) is 0. The first-order valence-electron chi connectivity index (χ1n) is 7.77. The minimum absolute atomic E-state index is 0.162. The first-order chi connectivity index (χ1) is 9.56. The average Bonchev–Trinajstić information content (AvgIpc) is 2.46. The Bertz CT molecular complexity index is 399. The summed E-state index contributed by atoms with van der Waals surface area (Å²) in [6, 6.07) is 9.50. The van der Waals surface area contributed by atoms with Crippen molar-refractivity contribution in [1.29, 1.82) is 0 Å². The fraction of sp³-hybridized carbons (Fsp3) is 0.647. The molecule has 1 heterocycles. The first kappa shape index (κ1) is 15.5. The second-order valence-electron chi connectivity index (χ2n) is 6.37. The number of hydrogen-bond donors (Lipinski definition) is 1. The second-order valence-corrected chi connectivity index (χ2v) is 6.37. The highest BCUT2D eigenvalue weighted by molar-refractivity contribution is 5.23. The number of nitrogens with zero attached hydrogens (tertiary/aromatic N) is 2. The predicted octanol–water partition coefficient (Wildman–Crippen LogP) is 2.41. The standard InChI is InChI=1S/C17H29N3/c1-14-6-8-15(9-7-14)17(18)10-12-20-11-4-5-16(13-20)19(2)3/h6-9,16-17H,4-5,10-13,18H2,1-3H3. The van der Waals surface area contributed by atoms with Crippen LogP contribution in [-0.2, 0) is 0 Å². The molecular formula is C17H29N3. The molecule has 20 heavy (non-hydrogen) atoms. The van der Waals surface area contributed by atoms with Gasteiger partial charge >= 0.3 is 0 Å². The number of likely N-dealkylation sites (N-methyl/N-ethyl adjacent to an activating group) is 1. The van der Waals surface area contributed by atoms with Gasteiger partial charge in [0.1, 0.15) is 0 Å². The topological polar surface area (TPSA) is 32.5 Å². The SMILES string of the molecule is Cc1ccc(C(N)CCN2CCCC(N(C)C)C2)cc1. The number of rotatable bonds is 5. The lowest BCUT2D eigenvalue weighted by Gasteiger charge is -2.36. The van der Waals surface area contributed by atoms with Crippen molar-refractivity contribution in [3.05, 3.63) is 35.4 Å². The first-order valence-corrected chi connectivity index (χ1v) is 7.77. The van der Waals surface area contributed by atoms with Gasteiger partial charge in [0.25, 0.3) is 0 Å². The van der Waals surface area contributed by atoms with E-state index in [4.69, 9.17) is 5.73 Å². The van der Waals surface area contributed by atoms with Crippen molar-refractivity contribution in [2.24, 2.45) is 5.73 Å². The van der Waals surface area contributed by atoms with Gasteiger partial charge in [-0.25, -0.2) is 0 Å². The highest BCUT2D eigenvalue weighted by atomic mass is 15.2. The van der Waals surface area contributed by atoms with Crippen molar-refractivity contribution in [2.75, 3.05) is 33.7 Å². The monoisotopic (exact) mass is 275 g/mol. The minimum Gasteiger partial charge on any atom is -0.324 e. The summed E-state index contributed by atoms with van der Waals surface area (Å²) >= 11 is 0. The van der Waals surface area contributed by atoms with Crippen LogP contribution in [-0.4, -0.2) is 49.6 Å². The van der Waals surface area contributed by atoms with E-state index in [1.165, 1.54) is 37.1 Å². The molecule has 1 aromatic carbocycles. The van der Waals surface area contributed by atoms with Crippen LogP contribution in [0.25, 0.3) is 0 Å². The largest absolute Gasteiger partial charge is 0.324 e. The molecule has 112 valence electrons. The van der Waals surface area contributed by atoms with Crippen LogP contribution in [0.2, 0.25) is 0 Å². The summed E-state index contributed by atoms with van der Waals surface area (Å²) in [6.07, 6.45) is 3.68. The van der Waals surface area contributed by atoms with Crippen molar-refractivity contribution in [3.63, 3.8) is 0 Å². The molecule has 0 aromatic heterocycles. The molecule has 1 aliphatic heterocycles. The molecule has 2 rings (SSSR count). The molecule has 0 radical (unpaired) electrons. The Balaban J connectivity index is 1.81. The third-order valence-corrected chi connectivity index (χ3v) is 4.47. The van der Waals surface area contributed by atoms with Crippen LogP contribution in [0.4, 0.5) is 0 Å². The summed E-state index contributed by atoms with van der Waals surface area (Å²) in [5.41, 5.74) is 8.88. The van der Waals surface area contributed by atoms with E-state index in [0.29, 0.717) is 6.04 Å². The molecule has 3 heteroatoms. The van der Waals surface area contributed by atoms with Crippen LogP contribution < -0.4 is 5.73 Å². The Labute approximate surface area is 123 Å². The van der Waals surface area contributed by atoms with E-state index in [0.717, 1.165) is 13.0 Å². The molecule has 0 amide bonds. The van der Waals surface area contributed by atoms with E-state index in [9.17, 15) is 0 Å². The maximum Gasteiger partial charge on any atom is 0.0307 e. The molecule has 1 fully saturated rings. The van der Waals surface area contributed by atoms with Gasteiger partial charge in [0.15, 0.2) is 0 Å². The van der Waals surface area contributed by atoms with Gasteiger partial charge in [0, 0.05) is 18.6 Å². The molecule has 1 aromatic rings. The van der Waals surface area contributed by atoms with Crippen LogP contribution in [0.1, 0.15) is 36.4 Å². The zero-order chi connectivity index (χ0) is 14.5. The number of nitrogens with two attached hydrogens (primary N) is 1. The number of hydrogen-bond acceptors (Lipinski definition) is 3. The van der Waals surface area contributed by atoms with Crippen LogP contribution >= 0.6 is 0 Å². The van der Waals surface area contributed by atoms with E-state index in [1.54, 1.807) is 0 Å². The predicted molar refractivity (Wildman–Crippen MR) is 85.9 cm³/mol. The van der Waals surface area contributed by atoms with Gasteiger partial charge in [-0.1, -0.05) is 29.8 Å². The molecule has 3 nitrogen and oxygen atoms in total. The normalized spacial score (nSPS) is 22.1. The van der Waals surface area contributed by atoms with E-state index >= 15 is 0 Å². The zero-order valence-electron chi connectivity index (χ0n) is 13.2. The fourth-order valence-corrected chi connectivity index (χ4v) is 2.96. The Morgan fingerprint density at radius 3 is 2.65 bits per heavy atom. The molecule has 2 N–H and O–H groups in total. The molecule has 1 saturated heterocycles. The van der Waals surface area contributed by atoms with Crippen molar-refractivity contribution >= 4 is 0 Å². The summed E-state index contributed by atoms with van der Waals surface area (Å²) in [6.45, 7) is 5.64. The molecular weight excluding hydrogens is 246 g/mol. The van der Waals surface area contributed by atoms with Crippen LogP contribution in [0.3, 0.4) is 0 Å². The third-order valence-electron chi connectivity index (χ3n) is 4.47. The second kappa shape index (κ2) is 7.21. The summed E-state index contributed by atoms with van der Waals surface area (Å²) in [5.74, 6) is 0. The van der Waals surface area contributed by atoms with E-state index in [1.807, 2.05) is 0 Å². The molecule has 2 unspecified atom stereocenters. The van der Waals surface area contributed by atoms with Crippen LogP contribution in [0.15, 0.2) is 24.3 Å². The number of aryl methyl sites for hydroxylation is 1. The minimum atomic E-state index is 0.162. The summed E-state index contributed by atoms with van der Waals surface area (Å²) in [4.78, 5) is 4.92. The van der Waals surface area contributed by atoms with E-state index in [-0.39, 0.29) is 6.04 Å². The quantitative estimate of drug-likeness (QED) is 0.895.